The maximum atomic E-state index is 13.2. The van der Waals surface area contributed by atoms with Crippen LogP contribution in [0.4, 0.5) is 8.78 Å². The Kier molecular flexibility index (Phi) is 3.46. The molecule has 1 N–H and O–H groups in total. The van der Waals surface area contributed by atoms with Crippen molar-refractivity contribution in [2.24, 2.45) is 0 Å². The van der Waals surface area contributed by atoms with Crippen LogP contribution < -0.4 is 0 Å². The summed E-state index contributed by atoms with van der Waals surface area (Å²) in [6.07, 6.45) is -1.32. The minimum Gasteiger partial charge on any atom is -0.481 e. The van der Waals surface area contributed by atoms with Crippen molar-refractivity contribution in [3.8, 4) is 0 Å². The number of carboxylic acid groups (broad SMARTS) is 1. The standard InChI is InChI=1S/C8H5Cl2F2NO2/c9-5-1-4(2-6(10)13-5)8(11,12)3-7(14)15/h1-2H,3H2,(H,14,15). The molecular weight excluding hydrogens is 251 g/mol. The molecule has 0 amide bonds. The molecule has 0 aliphatic carbocycles. The third kappa shape index (κ3) is 3.28. The Hall–Kier alpha value is -0.940. The summed E-state index contributed by atoms with van der Waals surface area (Å²) in [7, 11) is 0. The monoisotopic (exact) mass is 255 g/mol. The van der Waals surface area contributed by atoms with E-state index >= 15 is 0 Å². The first kappa shape index (κ1) is 12.1. The first-order valence-corrected chi connectivity index (χ1v) is 4.50. The van der Waals surface area contributed by atoms with Gasteiger partial charge in [-0.3, -0.25) is 4.79 Å². The second-order valence-electron chi connectivity index (χ2n) is 2.78. The number of hydrogen-bond acceptors (Lipinski definition) is 2. The lowest BCUT2D eigenvalue weighted by molar-refractivity contribution is -0.145. The van der Waals surface area contributed by atoms with E-state index in [0.29, 0.717) is 0 Å². The number of aromatic nitrogens is 1. The smallest absolute Gasteiger partial charge is 0.309 e. The van der Waals surface area contributed by atoms with Crippen molar-refractivity contribution in [1.29, 1.82) is 0 Å². The Morgan fingerprint density at radius 1 is 1.40 bits per heavy atom. The zero-order valence-corrected chi connectivity index (χ0v) is 8.69. The molecule has 0 atom stereocenters. The van der Waals surface area contributed by atoms with Crippen molar-refractivity contribution < 1.29 is 18.7 Å². The molecule has 1 aromatic rings. The molecule has 7 heteroatoms. The summed E-state index contributed by atoms with van der Waals surface area (Å²) in [4.78, 5) is 13.7. The van der Waals surface area contributed by atoms with E-state index in [4.69, 9.17) is 28.3 Å². The SMILES string of the molecule is O=C(O)CC(F)(F)c1cc(Cl)nc(Cl)c1. The quantitative estimate of drug-likeness (QED) is 0.845. The van der Waals surface area contributed by atoms with Gasteiger partial charge in [0.25, 0.3) is 5.92 Å². The van der Waals surface area contributed by atoms with Crippen LogP contribution in [0.1, 0.15) is 12.0 Å². The van der Waals surface area contributed by atoms with Crippen LogP contribution in [0.2, 0.25) is 10.3 Å². The number of halogens is 4. The average molecular weight is 256 g/mol. The Balaban J connectivity index is 3.08. The highest BCUT2D eigenvalue weighted by atomic mass is 35.5. The Morgan fingerprint density at radius 2 is 1.87 bits per heavy atom. The van der Waals surface area contributed by atoms with Crippen LogP contribution in [0.3, 0.4) is 0 Å². The van der Waals surface area contributed by atoms with Crippen LogP contribution in [0.15, 0.2) is 12.1 Å². The van der Waals surface area contributed by atoms with E-state index in [1.165, 1.54) is 0 Å². The molecule has 3 nitrogen and oxygen atoms in total. The largest absolute Gasteiger partial charge is 0.481 e. The van der Waals surface area contributed by atoms with Gasteiger partial charge in [-0.05, 0) is 12.1 Å². The fraction of sp³-hybridized carbons (Fsp3) is 0.250. The second kappa shape index (κ2) is 4.28. The Labute approximate surface area is 93.6 Å². The van der Waals surface area contributed by atoms with Gasteiger partial charge in [-0.25, -0.2) is 13.8 Å². The molecular formula is C8H5Cl2F2NO2. The van der Waals surface area contributed by atoms with Crippen LogP contribution in [0.5, 0.6) is 0 Å². The number of rotatable bonds is 3. The number of nitrogens with zero attached hydrogens (tertiary/aromatic N) is 1. The molecule has 0 bridgehead atoms. The van der Waals surface area contributed by atoms with Crippen molar-refractivity contribution in [1.82, 2.24) is 4.98 Å². The topological polar surface area (TPSA) is 50.2 Å². The van der Waals surface area contributed by atoms with Crippen LogP contribution in [0.25, 0.3) is 0 Å². The molecule has 1 heterocycles. The summed E-state index contributed by atoms with van der Waals surface area (Å²) < 4.78 is 26.5. The maximum Gasteiger partial charge on any atom is 0.309 e. The van der Waals surface area contributed by atoms with Gasteiger partial charge in [0.05, 0.1) is 0 Å². The third-order valence-corrected chi connectivity index (χ3v) is 1.95. The van der Waals surface area contributed by atoms with Crippen molar-refractivity contribution in [3.63, 3.8) is 0 Å². The Morgan fingerprint density at radius 3 is 2.27 bits per heavy atom. The fourth-order valence-electron chi connectivity index (χ4n) is 0.968. The third-order valence-electron chi connectivity index (χ3n) is 1.56. The number of aliphatic carboxylic acids is 1. The molecule has 0 aromatic carbocycles. The van der Waals surface area contributed by atoms with E-state index in [0.717, 1.165) is 12.1 Å². The lowest BCUT2D eigenvalue weighted by Crippen LogP contribution is -2.18. The summed E-state index contributed by atoms with van der Waals surface area (Å²) in [5.41, 5.74) is -0.560. The molecule has 0 fully saturated rings. The molecule has 0 saturated heterocycles. The number of carbonyl (C=O) groups is 1. The number of hydrogen-bond donors (Lipinski definition) is 1. The minimum absolute atomic E-state index is 0.206. The van der Waals surface area contributed by atoms with Gasteiger partial charge in [-0.15, -0.1) is 0 Å². The molecule has 82 valence electrons. The van der Waals surface area contributed by atoms with E-state index in [1.807, 2.05) is 0 Å². The fourth-order valence-corrected chi connectivity index (χ4v) is 1.43. The highest BCUT2D eigenvalue weighted by Crippen LogP contribution is 2.33. The van der Waals surface area contributed by atoms with Gasteiger partial charge < -0.3 is 5.11 Å². The molecule has 0 spiro atoms. The summed E-state index contributed by atoms with van der Waals surface area (Å²) in [5, 5.41) is 7.88. The van der Waals surface area contributed by atoms with Crippen LogP contribution in [-0.4, -0.2) is 16.1 Å². The zero-order chi connectivity index (χ0) is 11.6. The predicted molar refractivity (Wildman–Crippen MR) is 50.4 cm³/mol. The minimum atomic E-state index is -3.51. The lowest BCUT2D eigenvalue weighted by Gasteiger charge is -2.14. The molecule has 15 heavy (non-hydrogen) atoms. The summed E-state index contributed by atoms with van der Waals surface area (Å²) in [6.45, 7) is 0. The van der Waals surface area contributed by atoms with Gasteiger partial charge in [0.2, 0.25) is 0 Å². The van der Waals surface area contributed by atoms with Crippen molar-refractivity contribution in [2.45, 2.75) is 12.3 Å². The van der Waals surface area contributed by atoms with Gasteiger partial charge in [0.1, 0.15) is 16.7 Å². The number of pyridine rings is 1. The van der Waals surface area contributed by atoms with Gasteiger partial charge >= 0.3 is 5.97 Å². The second-order valence-corrected chi connectivity index (χ2v) is 3.55. The van der Waals surface area contributed by atoms with Crippen LogP contribution >= 0.6 is 23.2 Å². The van der Waals surface area contributed by atoms with Crippen LogP contribution in [-0.2, 0) is 10.7 Å². The summed E-state index contributed by atoms with van der Waals surface area (Å²) in [6, 6.07) is 1.77. The normalized spacial score (nSPS) is 11.5. The summed E-state index contributed by atoms with van der Waals surface area (Å²) >= 11 is 10.8. The highest BCUT2D eigenvalue weighted by molar-refractivity contribution is 6.32. The van der Waals surface area contributed by atoms with Gasteiger partial charge in [0.15, 0.2) is 0 Å². The van der Waals surface area contributed by atoms with E-state index in [2.05, 4.69) is 4.98 Å². The number of alkyl halides is 2. The van der Waals surface area contributed by atoms with E-state index < -0.39 is 23.9 Å². The molecule has 0 aliphatic heterocycles. The molecule has 1 rings (SSSR count). The summed E-state index contributed by atoms with van der Waals surface area (Å²) in [5.74, 6) is -5.12. The maximum absolute atomic E-state index is 13.2. The van der Waals surface area contributed by atoms with E-state index in [1.54, 1.807) is 0 Å². The highest BCUT2D eigenvalue weighted by Gasteiger charge is 2.35. The molecule has 0 aliphatic rings. The van der Waals surface area contributed by atoms with Crippen molar-refractivity contribution in [2.75, 3.05) is 0 Å². The first-order chi connectivity index (χ1) is 6.81. The van der Waals surface area contributed by atoms with Crippen LogP contribution in [0, 0.1) is 0 Å². The van der Waals surface area contributed by atoms with E-state index in [9.17, 15) is 13.6 Å². The molecule has 0 unspecified atom stereocenters. The molecule has 0 saturated carbocycles. The van der Waals surface area contributed by atoms with Gasteiger partial charge in [0, 0.05) is 5.56 Å². The van der Waals surface area contributed by atoms with Gasteiger partial charge in [-0.1, -0.05) is 23.2 Å². The van der Waals surface area contributed by atoms with E-state index in [-0.39, 0.29) is 10.3 Å². The lowest BCUT2D eigenvalue weighted by atomic mass is 10.1. The zero-order valence-electron chi connectivity index (χ0n) is 7.18. The molecule has 0 radical (unpaired) electrons. The molecule has 1 aromatic heterocycles. The van der Waals surface area contributed by atoms with Crippen molar-refractivity contribution in [3.05, 3.63) is 28.0 Å². The van der Waals surface area contributed by atoms with Crippen molar-refractivity contribution >= 4 is 29.2 Å². The number of carboxylic acids is 1. The average Bonchev–Trinajstić information content (AvgIpc) is 1.99. The van der Waals surface area contributed by atoms with Gasteiger partial charge in [-0.2, -0.15) is 0 Å². The first-order valence-electron chi connectivity index (χ1n) is 3.74. The predicted octanol–water partition coefficient (Wildman–Crippen LogP) is 2.95. The Bertz CT molecular complexity index is 378.